The first-order valence-electron chi connectivity index (χ1n) is 12.0. The van der Waals surface area contributed by atoms with E-state index in [2.05, 4.69) is 26.0 Å². The molecule has 2 nitrogen and oxygen atoms in total. The predicted molar refractivity (Wildman–Crippen MR) is 116 cm³/mol. The van der Waals surface area contributed by atoms with Crippen LogP contribution in [0.3, 0.4) is 0 Å². The number of esters is 1. The van der Waals surface area contributed by atoms with Gasteiger partial charge in [-0.2, -0.15) is 0 Å². The van der Waals surface area contributed by atoms with E-state index in [1.165, 1.54) is 63.4 Å². The maximum Gasteiger partial charge on any atom is 0.314 e. The summed E-state index contributed by atoms with van der Waals surface area (Å²) in [5.74, 6) is 3.39. The molecule has 1 aromatic rings. The monoisotopic (exact) mass is 384 g/mol. The number of carbonyl (C=O) groups excluding carboxylic acids is 1. The normalized spacial score (nSPS) is 27.2. The second-order valence-corrected chi connectivity index (χ2v) is 9.37. The molecule has 2 aliphatic carbocycles. The van der Waals surface area contributed by atoms with Crippen molar-refractivity contribution in [1.29, 1.82) is 0 Å². The highest BCUT2D eigenvalue weighted by atomic mass is 16.5. The smallest absolute Gasteiger partial charge is 0.314 e. The number of carbonyl (C=O) groups is 1. The zero-order valence-electron chi connectivity index (χ0n) is 18.1. The van der Waals surface area contributed by atoms with Gasteiger partial charge in [0, 0.05) is 0 Å². The van der Waals surface area contributed by atoms with Crippen LogP contribution in [0, 0.1) is 23.7 Å². The summed E-state index contributed by atoms with van der Waals surface area (Å²) in [4.78, 5) is 12.7. The third-order valence-corrected chi connectivity index (χ3v) is 7.20. The minimum atomic E-state index is 0.00313. The van der Waals surface area contributed by atoms with Crippen LogP contribution in [0.15, 0.2) is 24.3 Å². The maximum atomic E-state index is 12.7. The van der Waals surface area contributed by atoms with Crippen LogP contribution in [0.25, 0.3) is 0 Å². The lowest BCUT2D eigenvalue weighted by Crippen LogP contribution is -2.35. The van der Waals surface area contributed by atoms with Crippen LogP contribution in [0.1, 0.15) is 96.5 Å². The number of rotatable bonds is 9. The molecule has 0 amide bonds. The highest BCUT2D eigenvalue weighted by Gasteiger charge is 2.38. The lowest BCUT2D eigenvalue weighted by molar-refractivity contribution is -0.141. The van der Waals surface area contributed by atoms with Crippen LogP contribution in [-0.2, 0) is 11.2 Å². The Balaban J connectivity index is 1.43. The minimum Gasteiger partial charge on any atom is -0.426 e. The van der Waals surface area contributed by atoms with Crippen molar-refractivity contribution in [3.63, 3.8) is 0 Å². The third-order valence-electron chi connectivity index (χ3n) is 7.20. The van der Waals surface area contributed by atoms with Crippen molar-refractivity contribution < 1.29 is 9.53 Å². The molecule has 0 heterocycles. The van der Waals surface area contributed by atoms with Gasteiger partial charge in [0.1, 0.15) is 5.75 Å². The van der Waals surface area contributed by atoms with Crippen LogP contribution in [-0.4, -0.2) is 5.97 Å². The van der Waals surface area contributed by atoms with Crippen LogP contribution in [0.2, 0.25) is 0 Å². The molecule has 0 aromatic heterocycles. The molecule has 1 aromatic carbocycles. The summed E-state index contributed by atoms with van der Waals surface area (Å²) in [6.07, 6.45) is 16.6. The van der Waals surface area contributed by atoms with E-state index in [4.69, 9.17) is 4.74 Å². The summed E-state index contributed by atoms with van der Waals surface area (Å²) in [5.41, 5.74) is 1.31. The van der Waals surface area contributed by atoms with Gasteiger partial charge in [0.2, 0.25) is 0 Å². The maximum absolute atomic E-state index is 12.7. The highest BCUT2D eigenvalue weighted by molar-refractivity contribution is 5.75. The van der Waals surface area contributed by atoms with Gasteiger partial charge in [-0.15, -0.1) is 0 Å². The number of aryl methyl sites for hydroxylation is 1. The average Bonchev–Trinajstić information content (AvgIpc) is 2.72. The zero-order chi connectivity index (χ0) is 19.8. The Bertz CT molecular complexity index is 591. The van der Waals surface area contributed by atoms with Crippen molar-refractivity contribution in [3.05, 3.63) is 29.8 Å². The van der Waals surface area contributed by atoms with Crippen molar-refractivity contribution >= 4 is 5.97 Å². The Hall–Kier alpha value is -1.31. The van der Waals surface area contributed by atoms with Gasteiger partial charge in [-0.05, 0) is 74.0 Å². The molecule has 2 heteroatoms. The first-order valence-corrected chi connectivity index (χ1v) is 12.0. The highest BCUT2D eigenvalue weighted by Crippen LogP contribution is 2.46. The molecule has 2 fully saturated rings. The van der Waals surface area contributed by atoms with Gasteiger partial charge in [-0.3, -0.25) is 4.79 Å². The molecule has 4 unspecified atom stereocenters. The Kier molecular flexibility index (Phi) is 8.43. The summed E-state index contributed by atoms with van der Waals surface area (Å²) < 4.78 is 5.72. The molecule has 0 saturated heterocycles. The zero-order valence-corrected chi connectivity index (χ0v) is 18.1. The van der Waals surface area contributed by atoms with Crippen molar-refractivity contribution in [3.8, 4) is 5.75 Å². The van der Waals surface area contributed by atoms with Gasteiger partial charge in [0.15, 0.2) is 0 Å². The number of ether oxygens (including phenoxy) is 1. The second-order valence-electron chi connectivity index (χ2n) is 9.37. The molecule has 2 aliphatic rings. The quantitative estimate of drug-likeness (QED) is 0.253. The van der Waals surface area contributed by atoms with Gasteiger partial charge in [0.05, 0.1) is 5.92 Å². The number of hydrogen-bond donors (Lipinski definition) is 0. The van der Waals surface area contributed by atoms with Crippen LogP contribution >= 0.6 is 0 Å². The molecule has 0 radical (unpaired) electrons. The number of unbranched alkanes of at least 4 members (excludes halogenated alkanes) is 3. The molecule has 4 atom stereocenters. The van der Waals surface area contributed by atoms with Gasteiger partial charge < -0.3 is 4.74 Å². The van der Waals surface area contributed by atoms with Crippen LogP contribution in [0.4, 0.5) is 0 Å². The molecular formula is C26H40O2. The molecule has 156 valence electrons. The lowest BCUT2D eigenvalue weighted by Gasteiger charge is -2.41. The molecule has 2 saturated carbocycles. The van der Waals surface area contributed by atoms with E-state index < -0.39 is 0 Å². The summed E-state index contributed by atoms with van der Waals surface area (Å²) >= 11 is 0. The van der Waals surface area contributed by atoms with Crippen molar-refractivity contribution in [1.82, 2.24) is 0 Å². The first-order chi connectivity index (χ1) is 13.7. The van der Waals surface area contributed by atoms with Crippen molar-refractivity contribution in [2.75, 3.05) is 0 Å². The minimum absolute atomic E-state index is 0.00313. The van der Waals surface area contributed by atoms with E-state index in [9.17, 15) is 4.79 Å². The van der Waals surface area contributed by atoms with E-state index >= 15 is 0 Å². The summed E-state index contributed by atoms with van der Waals surface area (Å²) in [7, 11) is 0. The van der Waals surface area contributed by atoms with Crippen LogP contribution < -0.4 is 4.74 Å². The summed E-state index contributed by atoms with van der Waals surface area (Å²) in [6, 6.07) is 8.09. The third kappa shape index (κ3) is 6.09. The average molecular weight is 385 g/mol. The Morgan fingerprint density at radius 2 is 1.64 bits per heavy atom. The van der Waals surface area contributed by atoms with Gasteiger partial charge >= 0.3 is 5.97 Å². The molecular weight excluding hydrogens is 344 g/mol. The Morgan fingerprint density at radius 1 is 0.893 bits per heavy atom. The SMILES string of the molecule is CCCCCCC1CCC2CC(C(=O)Oc3ccc(CCC)cc3)CCC2C1. The number of fused-ring (bicyclic) bond motifs is 1. The van der Waals surface area contributed by atoms with Crippen molar-refractivity contribution in [2.45, 2.75) is 97.3 Å². The van der Waals surface area contributed by atoms with Crippen LogP contribution in [0.5, 0.6) is 5.75 Å². The fraction of sp³-hybridized carbons (Fsp3) is 0.731. The first kappa shape index (κ1) is 21.4. The molecule has 0 aliphatic heterocycles. The van der Waals surface area contributed by atoms with Crippen molar-refractivity contribution in [2.24, 2.45) is 23.7 Å². The fourth-order valence-corrected chi connectivity index (χ4v) is 5.53. The Morgan fingerprint density at radius 3 is 2.39 bits per heavy atom. The predicted octanol–water partition coefficient (Wildman–Crippen LogP) is 7.35. The van der Waals surface area contributed by atoms with Gasteiger partial charge in [-0.25, -0.2) is 0 Å². The molecule has 28 heavy (non-hydrogen) atoms. The standard InChI is InChI=1S/C26H40O2/c1-3-5-6-7-9-21-10-13-23-19-24(15-14-22(23)18-21)26(27)28-25-16-11-20(8-4-2)12-17-25/h11-12,16-17,21-24H,3-10,13-15,18-19H2,1-2H3. The fourth-order valence-electron chi connectivity index (χ4n) is 5.53. The molecule has 3 rings (SSSR count). The number of hydrogen-bond acceptors (Lipinski definition) is 2. The van der Waals surface area contributed by atoms with E-state index in [0.717, 1.165) is 43.4 Å². The summed E-state index contributed by atoms with van der Waals surface area (Å²) in [5, 5.41) is 0. The van der Waals surface area contributed by atoms with Gasteiger partial charge in [-0.1, -0.05) is 70.9 Å². The molecule has 0 N–H and O–H groups in total. The summed E-state index contributed by atoms with van der Waals surface area (Å²) in [6.45, 7) is 4.47. The van der Waals surface area contributed by atoms with E-state index in [-0.39, 0.29) is 11.9 Å². The Labute approximate surface area is 172 Å². The largest absolute Gasteiger partial charge is 0.426 e. The second kappa shape index (κ2) is 11.0. The van der Waals surface area contributed by atoms with E-state index in [0.29, 0.717) is 5.75 Å². The molecule has 0 spiro atoms. The molecule has 0 bridgehead atoms. The van der Waals surface area contributed by atoms with Gasteiger partial charge in [0.25, 0.3) is 0 Å². The van der Waals surface area contributed by atoms with E-state index in [1.807, 2.05) is 12.1 Å². The topological polar surface area (TPSA) is 26.3 Å². The number of benzene rings is 1. The lowest BCUT2D eigenvalue weighted by atomic mass is 9.64. The van der Waals surface area contributed by atoms with E-state index in [1.54, 1.807) is 0 Å².